The van der Waals surface area contributed by atoms with Gasteiger partial charge >= 0.3 is 15.5 Å². The lowest BCUT2D eigenvalue weighted by molar-refractivity contribution is -0.148. The van der Waals surface area contributed by atoms with Crippen LogP contribution in [0.5, 0.6) is 0 Å². The van der Waals surface area contributed by atoms with Crippen molar-refractivity contribution in [2.45, 2.75) is 13.8 Å². The van der Waals surface area contributed by atoms with Crippen molar-refractivity contribution in [3.8, 4) is 0 Å². The van der Waals surface area contributed by atoms with Crippen LogP contribution in [-0.2, 0) is 27.7 Å². The SMILES string of the molecule is C=CC(C=C)(C=C)C(=O)O[SiH](OC(C)=O)OC(C)=O. The molecule has 0 aromatic rings. The number of carbonyl (C=O) groups excluding carboxylic acids is 3. The summed E-state index contributed by atoms with van der Waals surface area (Å²) < 4.78 is 14.3. The molecule has 6 nitrogen and oxygen atoms in total. The quantitative estimate of drug-likeness (QED) is 0.511. The van der Waals surface area contributed by atoms with Crippen molar-refractivity contribution >= 4 is 27.4 Å². The maximum atomic E-state index is 11.9. The molecule has 0 aliphatic heterocycles. The lowest BCUT2D eigenvalue weighted by atomic mass is 9.89. The zero-order chi connectivity index (χ0) is 15.1. The third kappa shape index (κ3) is 4.92. The molecule has 0 fully saturated rings. The largest absolute Gasteiger partial charge is 0.689 e. The summed E-state index contributed by atoms with van der Waals surface area (Å²) in [5.41, 5.74) is -1.33. The molecule has 19 heavy (non-hydrogen) atoms. The van der Waals surface area contributed by atoms with Crippen LogP contribution >= 0.6 is 0 Å². The summed E-state index contributed by atoms with van der Waals surface area (Å²) in [5, 5.41) is 0. The van der Waals surface area contributed by atoms with E-state index in [0.29, 0.717) is 0 Å². The van der Waals surface area contributed by atoms with Crippen LogP contribution in [0.25, 0.3) is 0 Å². The van der Waals surface area contributed by atoms with E-state index in [2.05, 4.69) is 28.6 Å². The van der Waals surface area contributed by atoms with E-state index in [0.717, 1.165) is 13.8 Å². The smallest absolute Gasteiger partial charge is 0.458 e. The molecule has 0 bridgehead atoms. The Kier molecular flexibility index (Phi) is 6.49. The molecule has 0 aromatic heterocycles. The number of hydrogen-bond acceptors (Lipinski definition) is 6. The first-order valence-corrected chi connectivity index (χ1v) is 6.69. The Balaban J connectivity index is 5.01. The van der Waals surface area contributed by atoms with Gasteiger partial charge < -0.3 is 13.3 Å². The average Bonchev–Trinajstić information content (AvgIpc) is 2.30. The molecule has 0 heterocycles. The molecule has 0 aromatic carbocycles. The van der Waals surface area contributed by atoms with Gasteiger partial charge in [0.2, 0.25) is 0 Å². The van der Waals surface area contributed by atoms with Crippen LogP contribution in [0.4, 0.5) is 0 Å². The van der Waals surface area contributed by atoms with Crippen LogP contribution in [0, 0.1) is 5.41 Å². The molecule has 0 N–H and O–H groups in total. The fraction of sp³-hybridized carbons (Fsp3) is 0.250. The van der Waals surface area contributed by atoms with Gasteiger partial charge in [0.15, 0.2) is 0 Å². The van der Waals surface area contributed by atoms with Gasteiger partial charge in [-0.1, -0.05) is 18.2 Å². The highest BCUT2D eigenvalue weighted by atomic mass is 28.3. The lowest BCUT2D eigenvalue weighted by Crippen LogP contribution is -2.38. The Labute approximate surface area is 113 Å². The third-order valence-electron chi connectivity index (χ3n) is 2.09. The third-order valence-corrected chi connectivity index (χ3v) is 3.55. The van der Waals surface area contributed by atoms with Crippen LogP contribution in [0.15, 0.2) is 38.0 Å². The first-order valence-electron chi connectivity index (χ1n) is 5.27. The highest BCUT2D eigenvalue weighted by Crippen LogP contribution is 2.24. The highest BCUT2D eigenvalue weighted by molar-refractivity contribution is 6.44. The van der Waals surface area contributed by atoms with Gasteiger partial charge in [0.1, 0.15) is 5.41 Å². The molecular formula is C12H16O6Si. The van der Waals surface area contributed by atoms with Gasteiger partial charge in [0.05, 0.1) is 0 Å². The predicted octanol–water partition coefficient (Wildman–Crippen LogP) is 0.917. The van der Waals surface area contributed by atoms with E-state index in [-0.39, 0.29) is 0 Å². The van der Waals surface area contributed by atoms with Crippen molar-refractivity contribution in [2.24, 2.45) is 5.41 Å². The topological polar surface area (TPSA) is 78.9 Å². The molecule has 0 saturated carbocycles. The standard InChI is InChI=1S/C12H16O6Si/c1-6-12(7-2,8-3)11(15)18-19(16-9(4)13)17-10(5)14/h6-8,19H,1-3H2,4-5H3. The van der Waals surface area contributed by atoms with E-state index >= 15 is 0 Å². The van der Waals surface area contributed by atoms with Crippen molar-refractivity contribution in [2.75, 3.05) is 0 Å². The zero-order valence-electron chi connectivity index (χ0n) is 10.9. The van der Waals surface area contributed by atoms with Gasteiger partial charge in [-0.15, -0.1) is 19.7 Å². The van der Waals surface area contributed by atoms with Crippen LogP contribution in [0.1, 0.15) is 13.8 Å². The Morgan fingerprint density at radius 2 is 1.26 bits per heavy atom. The van der Waals surface area contributed by atoms with Crippen molar-refractivity contribution < 1.29 is 27.7 Å². The van der Waals surface area contributed by atoms with Crippen LogP contribution in [0.2, 0.25) is 0 Å². The van der Waals surface area contributed by atoms with Gasteiger partial charge in [0, 0.05) is 13.8 Å². The fourth-order valence-electron chi connectivity index (χ4n) is 1.03. The molecule has 0 saturated heterocycles. The normalized spacial score (nSPS) is 10.3. The summed E-state index contributed by atoms with van der Waals surface area (Å²) in [7, 11) is -3.24. The van der Waals surface area contributed by atoms with Crippen LogP contribution in [-0.4, -0.2) is 27.4 Å². The summed E-state index contributed by atoms with van der Waals surface area (Å²) >= 11 is 0. The first kappa shape index (κ1) is 16.8. The Morgan fingerprint density at radius 3 is 1.53 bits per heavy atom. The monoisotopic (exact) mass is 284 g/mol. The van der Waals surface area contributed by atoms with Gasteiger partial charge in [-0.25, -0.2) is 0 Å². The molecule has 0 spiro atoms. The van der Waals surface area contributed by atoms with Crippen LogP contribution < -0.4 is 0 Å². The van der Waals surface area contributed by atoms with Gasteiger partial charge in [-0.2, -0.15) is 0 Å². The summed E-state index contributed by atoms with van der Waals surface area (Å²) in [6.45, 7) is 12.7. The minimum atomic E-state index is -3.24. The molecule has 0 rings (SSSR count). The molecule has 7 heteroatoms. The maximum absolute atomic E-state index is 11.9. The fourth-order valence-corrected chi connectivity index (χ4v) is 2.10. The van der Waals surface area contributed by atoms with E-state index in [1.54, 1.807) is 0 Å². The second kappa shape index (κ2) is 7.32. The van der Waals surface area contributed by atoms with Crippen molar-refractivity contribution in [1.82, 2.24) is 0 Å². The van der Waals surface area contributed by atoms with Gasteiger partial charge in [0.25, 0.3) is 11.9 Å². The Bertz CT molecular complexity index is 377. The second-order valence-electron chi connectivity index (χ2n) is 3.46. The minimum Gasteiger partial charge on any atom is -0.458 e. The summed E-state index contributed by atoms with van der Waals surface area (Å²) in [6, 6.07) is 0. The summed E-state index contributed by atoms with van der Waals surface area (Å²) in [6.07, 6.45) is 3.80. The lowest BCUT2D eigenvalue weighted by Gasteiger charge is -2.22. The predicted molar refractivity (Wildman–Crippen MR) is 69.8 cm³/mol. The van der Waals surface area contributed by atoms with E-state index in [1.165, 1.54) is 18.2 Å². The Morgan fingerprint density at radius 1 is 0.895 bits per heavy atom. The molecule has 0 atom stereocenters. The Hall–Kier alpha value is -2.15. The van der Waals surface area contributed by atoms with Crippen molar-refractivity contribution in [3.63, 3.8) is 0 Å². The maximum Gasteiger partial charge on any atom is 0.689 e. The molecule has 0 aliphatic rings. The molecular weight excluding hydrogens is 268 g/mol. The second-order valence-corrected chi connectivity index (χ2v) is 4.74. The molecule has 0 radical (unpaired) electrons. The molecule has 104 valence electrons. The average molecular weight is 284 g/mol. The first-order chi connectivity index (χ1) is 8.81. The molecule has 0 amide bonds. The van der Waals surface area contributed by atoms with Gasteiger partial charge in [-0.05, 0) is 0 Å². The summed E-state index contributed by atoms with van der Waals surface area (Å²) in [4.78, 5) is 33.6. The number of hydrogen-bond donors (Lipinski definition) is 0. The van der Waals surface area contributed by atoms with Crippen molar-refractivity contribution in [1.29, 1.82) is 0 Å². The van der Waals surface area contributed by atoms with Crippen LogP contribution in [0.3, 0.4) is 0 Å². The highest BCUT2D eigenvalue weighted by Gasteiger charge is 2.36. The molecule has 0 aliphatic carbocycles. The van der Waals surface area contributed by atoms with Gasteiger partial charge in [-0.3, -0.25) is 14.4 Å². The van der Waals surface area contributed by atoms with E-state index in [9.17, 15) is 14.4 Å². The van der Waals surface area contributed by atoms with E-state index in [4.69, 9.17) is 4.43 Å². The van der Waals surface area contributed by atoms with E-state index < -0.39 is 32.9 Å². The van der Waals surface area contributed by atoms with Crippen molar-refractivity contribution in [3.05, 3.63) is 38.0 Å². The molecule has 0 unspecified atom stereocenters. The number of carbonyl (C=O) groups is 3. The minimum absolute atomic E-state index is 0.716. The summed E-state index contributed by atoms with van der Waals surface area (Å²) in [5.74, 6) is -2.26. The van der Waals surface area contributed by atoms with E-state index in [1.807, 2.05) is 0 Å². The zero-order valence-corrected chi connectivity index (χ0v) is 12.0. The number of rotatable bonds is 7.